The summed E-state index contributed by atoms with van der Waals surface area (Å²) in [6.07, 6.45) is 5.13. The van der Waals surface area contributed by atoms with Crippen molar-refractivity contribution in [2.24, 2.45) is 0 Å². The lowest BCUT2D eigenvalue weighted by atomic mass is 10.1. The molecule has 4 rings (SSSR count). The number of hydrogen-bond donors (Lipinski definition) is 0. The third kappa shape index (κ3) is 4.73. The molecule has 0 fully saturated rings. The van der Waals surface area contributed by atoms with Gasteiger partial charge in [0.15, 0.2) is 0 Å². The highest BCUT2D eigenvalue weighted by atomic mass is 16.5. The van der Waals surface area contributed by atoms with Crippen LogP contribution in [-0.2, 0) is 16.1 Å². The number of hydrogen-bond acceptors (Lipinski definition) is 3. The van der Waals surface area contributed by atoms with Crippen LogP contribution in [0.25, 0.3) is 23.0 Å². The van der Waals surface area contributed by atoms with Crippen LogP contribution >= 0.6 is 0 Å². The zero-order chi connectivity index (χ0) is 20.8. The van der Waals surface area contributed by atoms with E-state index in [1.807, 2.05) is 83.7 Å². The fourth-order valence-electron chi connectivity index (χ4n) is 3.09. The standard InChI is InChI=1S/C26H22N2O2/c1-20-12-14-22(15-13-20)26-23(18-28(27-26)24-10-6-3-7-11-24)16-17-25(29)30-19-21-8-4-2-5-9-21/h2-18H,19H2,1H3/b17-16+. The zero-order valence-electron chi connectivity index (χ0n) is 16.7. The van der Waals surface area contributed by atoms with E-state index in [2.05, 4.69) is 19.1 Å². The summed E-state index contributed by atoms with van der Waals surface area (Å²) in [6, 6.07) is 27.7. The van der Waals surface area contributed by atoms with Crippen molar-refractivity contribution in [1.29, 1.82) is 0 Å². The second kappa shape index (κ2) is 9.05. The Labute approximate surface area is 176 Å². The number of carbonyl (C=O) groups is 1. The van der Waals surface area contributed by atoms with Crippen molar-refractivity contribution < 1.29 is 9.53 Å². The molecule has 4 heteroatoms. The van der Waals surface area contributed by atoms with Crippen molar-refractivity contribution >= 4 is 12.0 Å². The highest BCUT2D eigenvalue weighted by molar-refractivity contribution is 5.88. The van der Waals surface area contributed by atoms with E-state index in [0.29, 0.717) is 0 Å². The Morgan fingerprint density at radius 3 is 2.30 bits per heavy atom. The molecule has 0 aliphatic carbocycles. The van der Waals surface area contributed by atoms with Crippen LogP contribution in [0, 0.1) is 6.92 Å². The number of nitrogens with zero attached hydrogens (tertiary/aromatic N) is 2. The first-order valence-electron chi connectivity index (χ1n) is 9.80. The minimum atomic E-state index is -0.388. The van der Waals surface area contributed by atoms with Crippen LogP contribution < -0.4 is 0 Å². The Morgan fingerprint density at radius 1 is 0.933 bits per heavy atom. The molecule has 1 aromatic heterocycles. The van der Waals surface area contributed by atoms with Gasteiger partial charge in [0.25, 0.3) is 0 Å². The van der Waals surface area contributed by atoms with E-state index in [1.165, 1.54) is 11.6 Å². The van der Waals surface area contributed by atoms with E-state index in [4.69, 9.17) is 9.84 Å². The van der Waals surface area contributed by atoms with E-state index in [1.54, 1.807) is 6.08 Å². The van der Waals surface area contributed by atoms with Gasteiger partial charge in [0, 0.05) is 23.4 Å². The summed E-state index contributed by atoms with van der Waals surface area (Å²) in [5.74, 6) is -0.388. The molecule has 0 atom stereocenters. The summed E-state index contributed by atoms with van der Waals surface area (Å²) in [5, 5.41) is 4.77. The second-order valence-corrected chi connectivity index (χ2v) is 7.01. The summed E-state index contributed by atoms with van der Waals surface area (Å²) >= 11 is 0. The Balaban J connectivity index is 1.59. The van der Waals surface area contributed by atoms with Gasteiger partial charge in [-0.2, -0.15) is 5.10 Å². The largest absolute Gasteiger partial charge is 0.458 e. The van der Waals surface area contributed by atoms with Gasteiger partial charge in [0.05, 0.1) is 11.4 Å². The SMILES string of the molecule is Cc1ccc(-c2nn(-c3ccccc3)cc2/C=C/C(=O)OCc2ccccc2)cc1. The molecule has 0 bridgehead atoms. The summed E-state index contributed by atoms with van der Waals surface area (Å²) in [5.41, 5.74) is 5.74. The lowest BCUT2D eigenvalue weighted by Crippen LogP contribution is -2.00. The predicted octanol–water partition coefficient (Wildman–Crippen LogP) is 5.60. The molecule has 0 unspecified atom stereocenters. The van der Waals surface area contributed by atoms with Crippen LogP contribution in [0.1, 0.15) is 16.7 Å². The Bertz CT molecular complexity index is 1140. The molecule has 0 radical (unpaired) electrons. The van der Waals surface area contributed by atoms with Crippen LogP contribution in [0.15, 0.2) is 97.2 Å². The normalized spacial score (nSPS) is 11.0. The lowest BCUT2D eigenvalue weighted by molar-refractivity contribution is -0.138. The van der Waals surface area contributed by atoms with Gasteiger partial charge < -0.3 is 4.74 Å². The molecule has 0 saturated heterocycles. The number of para-hydroxylation sites is 1. The molecule has 4 aromatic rings. The van der Waals surface area contributed by atoms with Gasteiger partial charge in [0.2, 0.25) is 0 Å². The second-order valence-electron chi connectivity index (χ2n) is 7.01. The number of aromatic nitrogens is 2. The topological polar surface area (TPSA) is 44.1 Å². The zero-order valence-corrected chi connectivity index (χ0v) is 16.7. The number of carbonyl (C=O) groups excluding carboxylic acids is 1. The van der Waals surface area contributed by atoms with Crippen molar-refractivity contribution in [2.75, 3.05) is 0 Å². The molecule has 0 amide bonds. The minimum absolute atomic E-state index is 0.248. The summed E-state index contributed by atoms with van der Waals surface area (Å²) in [7, 11) is 0. The average Bonchev–Trinajstić information content (AvgIpc) is 3.22. The molecular formula is C26H22N2O2. The first-order valence-corrected chi connectivity index (χ1v) is 9.80. The summed E-state index contributed by atoms with van der Waals surface area (Å²) in [4.78, 5) is 12.2. The van der Waals surface area contributed by atoms with Gasteiger partial charge in [-0.15, -0.1) is 0 Å². The van der Waals surface area contributed by atoms with Crippen LogP contribution in [0.5, 0.6) is 0 Å². The predicted molar refractivity (Wildman–Crippen MR) is 119 cm³/mol. The van der Waals surface area contributed by atoms with Crippen molar-refractivity contribution in [3.63, 3.8) is 0 Å². The molecule has 1 heterocycles. The van der Waals surface area contributed by atoms with Gasteiger partial charge in [-0.25, -0.2) is 9.48 Å². The fraction of sp³-hybridized carbons (Fsp3) is 0.0769. The van der Waals surface area contributed by atoms with Crippen LogP contribution in [0.2, 0.25) is 0 Å². The van der Waals surface area contributed by atoms with Gasteiger partial charge in [0.1, 0.15) is 6.61 Å². The molecular weight excluding hydrogens is 372 g/mol. The van der Waals surface area contributed by atoms with E-state index in [0.717, 1.165) is 28.1 Å². The summed E-state index contributed by atoms with van der Waals surface area (Å²) in [6.45, 7) is 2.30. The number of aryl methyl sites for hydroxylation is 1. The maximum Gasteiger partial charge on any atom is 0.331 e. The third-order valence-corrected chi connectivity index (χ3v) is 4.71. The smallest absolute Gasteiger partial charge is 0.331 e. The van der Waals surface area contributed by atoms with E-state index in [-0.39, 0.29) is 12.6 Å². The third-order valence-electron chi connectivity index (χ3n) is 4.71. The van der Waals surface area contributed by atoms with Gasteiger partial charge in [-0.1, -0.05) is 78.4 Å². The van der Waals surface area contributed by atoms with E-state index < -0.39 is 0 Å². The fourth-order valence-corrected chi connectivity index (χ4v) is 3.09. The highest BCUT2D eigenvalue weighted by Gasteiger charge is 2.11. The van der Waals surface area contributed by atoms with E-state index in [9.17, 15) is 4.79 Å². The molecule has 148 valence electrons. The molecule has 0 aliphatic heterocycles. The average molecular weight is 394 g/mol. The molecule has 0 spiro atoms. The maximum atomic E-state index is 12.2. The molecule has 0 saturated carbocycles. The summed E-state index contributed by atoms with van der Waals surface area (Å²) < 4.78 is 7.17. The lowest BCUT2D eigenvalue weighted by Gasteiger charge is -2.02. The molecule has 3 aromatic carbocycles. The first kappa shape index (κ1) is 19.4. The van der Waals surface area contributed by atoms with Crippen molar-refractivity contribution in [3.8, 4) is 16.9 Å². The van der Waals surface area contributed by atoms with Gasteiger partial charge >= 0.3 is 5.97 Å². The van der Waals surface area contributed by atoms with Crippen molar-refractivity contribution in [2.45, 2.75) is 13.5 Å². The first-order chi connectivity index (χ1) is 14.7. The number of esters is 1. The van der Waals surface area contributed by atoms with Crippen LogP contribution in [0.4, 0.5) is 0 Å². The molecule has 0 aliphatic rings. The van der Waals surface area contributed by atoms with Gasteiger partial charge in [-0.05, 0) is 30.7 Å². The Hall–Kier alpha value is -3.92. The van der Waals surface area contributed by atoms with E-state index >= 15 is 0 Å². The van der Waals surface area contributed by atoms with Crippen LogP contribution in [-0.4, -0.2) is 15.7 Å². The molecule has 30 heavy (non-hydrogen) atoms. The maximum absolute atomic E-state index is 12.2. The number of benzene rings is 3. The monoisotopic (exact) mass is 394 g/mol. The van der Waals surface area contributed by atoms with Gasteiger partial charge in [-0.3, -0.25) is 0 Å². The highest BCUT2D eigenvalue weighted by Crippen LogP contribution is 2.25. The number of rotatable bonds is 6. The molecule has 0 N–H and O–H groups in total. The quantitative estimate of drug-likeness (QED) is 0.316. The minimum Gasteiger partial charge on any atom is -0.458 e. The van der Waals surface area contributed by atoms with Crippen LogP contribution in [0.3, 0.4) is 0 Å². The number of ether oxygens (including phenoxy) is 1. The Morgan fingerprint density at radius 2 is 1.60 bits per heavy atom. The van der Waals surface area contributed by atoms with Crippen molar-refractivity contribution in [1.82, 2.24) is 9.78 Å². The Kier molecular flexibility index (Phi) is 5.85. The van der Waals surface area contributed by atoms with Crippen molar-refractivity contribution in [3.05, 3.63) is 114 Å². The molecule has 4 nitrogen and oxygen atoms in total.